The summed E-state index contributed by atoms with van der Waals surface area (Å²) < 4.78 is 2.26. The minimum absolute atomic E-state index is 0.347. The Kier molecular flexibility index (Phi) is 9.92. The first-order chi connectivity index (χ1) is 31.5. The van der Waals surface area contributed by atoms with Crippen molar-refractivity contribution in [2.24, 2.45) is 0 Å². The quantitative estimate of drug-likeness (QED) is 0.141. The molecule has 0 aliphatic carbocycles. The van der Waals surface area contributed by atoms with E-state index in [1.54, 1.807) is 54.6 Å². The predicted molar refractivity (Wildman–Crippen MR) is 253 cm³/mol. The van der Waals surface area contributed by atoms with Crippen molar-refractivity contribution in [1.82, 2.24) is 14.5 Å². The van der Waals surface area contributed by atoms with Crippen molar-refractivity contribution in [3.8, 4) is 68.9 Å². The highest BCUT2D eigenvalue weighted by Gasteiger charge is 2.20. The minimum atomic E-state index is 0.347. The van der Waals surface area contributed by atoms with E-state index in [2.05, 4.69) is 136 Å². The Hall–Kier alpha value is -9.60. The first-order valence-corrected chi connectivity index (χ1v) is 20.4. The molecule has 10 rings (SSSR count). The van der Waals surface area contributed by atoms with Crippen molar-refractivity contribution in [3.63, 3.8) is 0 Å². The highest BCUT2D eigenvalue weighted by molar-refractivity contribution is 6.10. The van der Waals surface area contributed by atoms with Crippen LogP contribution >= 0.6 is 0 Å². The molecule has 0 saturated heterocycles. The molecule has 0 aliphatic rings. The van der Waals surface area contributed by atoms with Gasteiger partial charge in [-0.1, -0.05) is 78.9 Å². The van der Waals surface area contributed by atoms with Crippen LogP contribution in [0.1, 0.15) is 16.7 Å². The van der Waals surface area contributed by atoms with Gasteiger partial charge in [0.1, 0.15) is 0 Å². The zero-order valence-corrected chi connectivity index (χ0v) is 34.1. The van der Waals surface area contributed by atoms with E-state index in [0.29, 0.717) is 56.3 Å². The third-order valence-corrected chi connectivity index (χ3v) is 11.3. The second-order valence-electron chi connectivity index (χ2n) is 15.1. The van der Waals surface area contributed by atoms with Crippen LogP contribution in [-0.2, 0) is 0 Å². The number of benzene rings is 8. The molecule has 64 heavy (non-hydrogen) atoms. The number of fused-ring (bicyclic) bond motifs is 3. The number of aromatic nitrogens is 3. The van der Waals surface area contributed by atoms with E-state index in [4.69, 9.17) is 16.5 Å². The van der Waals surface area contributed by atoms with Gasteiger partial charge in [0.25, 0.3) is 0 Å². The van der Waals surface area contributed by atoms with Gasteiger partial charge in [-0.05, 0) is 126 Å². The zero-order chi connectivity index (χ0) is 43.6. The third-order valence-electron chi connectivity index (χ3n) is 11.3. The van der Waals surface area contributed by atoms with Gasteiger partial charge in [0, 0.05) is 50.2 Å². The van der Waals surface area contributed by atoms with Gasteiger partial charge in [-0.25, -0.2) is 14.8 Å². The molecule has 0 bridgehead atoms. The maximum absolute atomic E-state index is 10.6. The molecular weight excluding hydrogens is 785 g/mol. The largest absolute Gasteiger partial charge is 0.310 e. The molecule has 0 spiro atoms. The number of para-hydroxylation sites is 3. The second-order valence-corrected chi connectivity index (χ2v) is 15.1. The summed E-state index contributed by atoms with van der Waals surface area (Å²) in [5.74, 6) is 0.389. The lowest BCUT2D eigenvalue weighted by Gasteiger charge is -2.25. The van der Waals surface area contributed by atoms with Crippen molar-refractivity contribution in [2.45, 2.75) is 0 Å². The fourth-order valence-electron chi connectivity index (χ4n) is 8.26. The summed E-state index contributed by atoms with van der Waals surface area (Å²) in [5.41, 5.74) is 12.4. The summed E-state index contributed by atoms with van der Waals surface area (Å²) in [6.07, 6.45) is 0. The fourth-order valence-corrected chi connectivity index (χ4v) is 8.26. The molecule has 8 aromatic carbocycles. The van der Waals surface area contributed by atoms with Crippen LogP contribution in [0.25, 0.3) is 77.4 Å². The summed E-state index contributed by atoms with van der Waals surface area (Å²) in [4.78, 5) is 16.0. The van der Waals surface area contributed by atoms with Crippen molar-refractivity contribution in [3.05, 3.63) is 222 Å². The lowest BCUT2D eigenvalue weighted by Crippen LogP contribution is -2.09. The van der Waals surface area contributed by atoms with Gasteiger partial charge < -0.3 is 9.47 Å². The molecule has 2 heterocycles. The van der Waals surface area contributed by atoms with Crippen LogP contribution in [0.5, 0.6) is 0 Å². The standard InChI is InChI=1S/C56H32N8/c1-60-52-32-49(53-33-51(40-20-16-37(34-57)17-21-40)61-56(62-53)41-22-18-38(35-58)19-23-41)42(36-59)30-48(52)39-24-26-45(27-25-39)64-54-15-9-8-14-47(54)50-31-46(28-29-55(50)64)63(43-10-4-2-5-11-43)44-12-6-3-7-13-44/h2-33H. The molecule has 296 valence electrons. The van der Waals surface area contributed by atoms with Gasteiger partial charge >= 0.3 is 0 Å². The fraction of sp³-hybridized carbons (Fsp3) is 0. The molecule has 10 aromatic rings. The Labute approximate surface area is 369 Å². The molecule has 0 unspecified atom stereocenters. The van der Waals surface area contributed by atoms with Gasteiger partial charge in [0.15, 0.2) is 11.5 Å². The lowest BCUT2D eigenvalue weighted by atomic mass is 9.95. The van der Waals surface area contributed by atoms with Gasteiger partial charge in [-0.3, -0.25) is 0 Å². The Bertz CT molecular complexity index is 3450. The molecule has 0 fully saturated rings. The number of hydrogen-bond acceptors (Lipinski definition) is 6. The second kappa shape index (κ2) is 16.5. The van der Waals surface area contributed by atoms with Crippen LogP contribution in [0.4, 0.5) is 22.7 Å². The monoisotopic (exact) mass is 816 g/mol. The van der Waals surface area contributed by atoms with Crippen LogP contribution in [0.15, 0.2) is 194 Å². The summed E-state index contributed by atoms with van der Waals surface area (Å²) >= 11 is 0. The molecule has 8 heteroatoms. The molecule has 2 aromatic heterocycles. The molecule has 0 aliphatic heterocycles. The van der Waals surface area contributed by atoms with E-state index >= 15 is 0 Å². The van der Waals surface area contributed by atoms with E-state index in [1.165, 1.54) is 0 Å². The van der Waals surface area contributed by atoms with Gasteiger partial charge in [-0.2, -0.15) is 15.8 Å². The third kappa shape index (κ3) is 7.02. The van der Waals surface area contributed by atoms with Crippen molar-refractivity contribution in [1.29, 1.82) is 15.8 Å². The number of anilines is 3. The van der Waals surface area contributed by atoms with Gasteiger partial charge in [0.2, 0.25) is 0 Å². The summed E-state index contributed by atoms with van der Waals surface area (Å²) in [5, 5.41) is 31.7. The summed E-state index contributed by atoms with van der Waals surface area (Å²) in [7, 11) is 0. The smallest absolute Gasteiger partial charge is 0.195 e. The molecular formula is C56H32N8. The number of rotatable bonds is 8. The number of nitrogens with zero attached hydrogens (tertiary/aromatic N) is 8. The van der Waals surface area contributed by atoms with Gasteiger partial charge in [-0.15, -0.1) is 0 Å². The Morgan fingerprint density at radius 3 is 1.67 bits per heavy atom. The van der Waals surface area contributed by atoms with Crippen LogP contribution in [-0.4, -0.2) is 14.5 Å². The molecule has 0 atom stereocenters. The van der Waals surface area contributed by atoms with Crippen LogP contribution in [0, 0.1) is 40.6 Å². The Morgan fingerprint density at radius 1 is 0.469 bits per heavy atom. The van der Waals surface area contributed by atoms with E-state index in [9.17, 15) is 15.8 Å². The number of hydrogen-bond donors (Lipinski definition) is 0. The Balaban J connectivity index is 1.05. The summed E-state index contributed by atoms with van der Waals surface area (Å²) in [6, 6.07) is 69.9. The highest BCUT2D eigenvalue weighted by Crippen LogP contribution is 2.42. The zero-order valence-electron chi connectivity index (χ0n) is 34.1. The Morgan fingerprint density at radius 2 is 1.05 bits per heavy atom. The first kappa shape index (κ1) is 38.6. The molecule has 0 saturated carbocycles. The lowest BCUT2D eigenvalue weighted by molar-refractivity contribution is 1.18. The summed E-state index contributed by atoms with van der Waals surface area (Å²) in [6.45, 7) is 8.29. The van der Waals surface area contributed by atoms with Crippen LogP contribution in [0.2, 0.25) is 0 Å². The van der Waals surface area contributed by atoms with Crippen molar-refractivity contribution >= 4 is 44.6 Å². The molecule has 0 radical (unpaired) electrons. The molecule has 8 nitrogen and oxygen atoms in total. The van der Waals surface area contributed by atoms with E-state index in [-0.39, 0.29) is 0 Å². The number of nitriles is 3. The maximum atomic E-state index is 10.6. The normalized spacial score (nSPS) is 10.8. The van der Waals surface area contributed by atoms with Crippen LogP contribution < -0.4 is 4.90 Å². The van der Waals surface area contributed by atoms with Crippen LogP contribution in [0.3, 0.4) is 0 Å². The maximum Gasteiger partial charge on any atom is 0.195 e. The average molecular weight is 817 g/mol. The SMILES string of the molecule is [C-]#[N+]c1cc(-c2cc(-c3ccc(C#N)cc3)nc(-c3ccc(C#N)cc3)n2)c(C#N)cc1-c1ccc(-n2c3ccccc3c3cc(N(c4ccccc4)c4ccccc4)ccc32)cc1. The highest BCUT2D eigenvalue weighted by atomic mass is 15.1. The minimum Gasteiger partial charge on any atom is -0.310 e. The average Bonchev–Trinajstić information content (AvgIpc) is 3.70. The van der Waals surface area contributed by atoms with Gasteiger partial charge in [0.05, 0.1) is 63.9 Å². The predicted octanol–water partition coefficient (Wildman–Crippen LogP) is 13.9. The first-order valence-electron chi connectivity index (χ1n) is 20.4. The molecule has 0 amide bonds. The van der Waals surface area contributed by atoms with Crippen molar-refractivity contribution in [2.75, 3.05) is 4.90 Å². The van der Waals surface area contributed by atoms with E-state index in [1.807, 2.05) is 36.4 Å². The topological polar surface area (TPSA) is 110 Å². The molecule has 0 N–H and O–H groups in total. The van der Waals surface area contributed by atoms with Crippen molar-refractivity contribution < 1.29 is 0 Å². The van der Waals surface area contributed by atoms with E-state index < -0.39 is 0 Å². The van der Waals surface area contributed by atoms with E-state index in [0.717, 1.165) is 55.7 Å².